The van der Waals surface area contributed by atoms with E-state index in [1.54, 1.807) is 11.2 Å². The van der Waals surface area contributed by atoms with Crippen LogP contribution in [-0.2, 0) is 15.9 Å². The molecule has 3 aromatic carbocycles. The van der Waals surface area contributed by atoms with Crippen LogP contribution in [-0.4, -0.2) is 79.6 Å². The molecule has 0 N–H and O–H groups in total. The number of imidazole rings is 1. The molecule has 2 aliphatic rings. The van der Waals surface area contributed by atoms with Crippen LogP contribution in [0.5, 0.6) is 0 Å². The second-order valence-electron chi connectivity index (χ2n) is 14.4. The maximum Gasteiger partial charge on any atom is 0.410 e. The Bertz CT molecular complexity index is 1870. The standard InChI is InChI=1S/C40H45N5O7/c1-40(2,3)52-39(48)42-23-24-43(32(26-42)25-28-13-7-4-8-14-28)37(46)35-36(29-15-9-5-10-16-29)44(27-41-35)33-17-11-6-12-18-34(33)51-38(47)30-19-21-31(22-20-30)45(49)50/h4-5,7-10,13-16,19-22,27,32-34H,6,11-12,17-18,23-26H2,1-3H3/t32-,33-,34+/m1/s1. The van der Waals surface area contributed by atoms with Gasteiger partial charge in [0.15, 0.2) is 5.69 Å². The molecule has 1 aliphatic carbocycles. The Morgan fingerprint density at radius 3 is 2.23 bits per heavy atom. The van der Waals surface area contributed by atoms with Crippen molar-refractivity contribution in [1.29, 1.82) is 0 Å². The molecule has 272 valence electrons. The van der Waals surface area contributed by atoms with Gasteiger partial charge in [0.1, 0.15) is 11.7 Å². The first-order valence-corrected chi connectivity index (χ1v) is 17.9. The van der Waals surface area contributed by atoms with Crippen molar-refractivity contribution < 1.29 is 28.8 Å². The molecule has 2 fully saturated rings. The summed E-state index contributed by atoms with van der Waals surface area (Å²) in [7, 11) is 0. The molecule has 4 aromatic rings. The normalized spacial score (nSPS) is 19.4. The largest absolute Gasteiger partial charge is 0.457 e. The molecule has 1 saturated carbocycles. The van der Waals surface area contributed by atoms with Crippen molar-refractivity contribution in [2.75, 3.05) is 19.6 Å². The highest BCUT2D eigenvalue weighted by Crippen LogP contribution is 2.36. The Morgan fingerprint density at radius 1 is 0.885 bits per heavy atom. The van der Waals surface area contributed by atoms with E-state index in [1.807, 2.05) is 90.9 Å². The van der Waals surface area contributed by atoms with Crippen LogP contribution in [0.4, 0.5) is 10.5 Å². The minimum absolute atomic E-state index is 0.107. The number of hydrogen-bond acceptors (Lipinski definition) is 8. The minimum atomic E-state index is -0.650. The average molecular weight is 708 g/mol. The lowest BCUT2D eigenvalue weighted by Crippen LogP contribution is -2.58. The zero-order valence-corrected chi connectivity index (χ0v) is 29.9. The van der Waals surface area contributed by atoms with Crippen LogP contribution in [0.15, 0.2) is 91.3 Å². The Balaban J connectivity index is 1.33. The van der Waals surface area contributed by atoms with Gasteiger partial charge in [-0.2, -0.15) is 0 Å². The third-order valence-corrected chi connectivity index (χ3v) is 9.60. The molecule has 0 radical (unpaired) electrons. The highest BCUT2D eigenvalue weighted by Gasteiger charge is 2.38. The van der Waals surface area contributed by atoms with Gasteiger partial charge in [0.05, 0.1) is 34.6 Å². The zero-order valence-electron chi connectivity index (χ0n) is 29.9. The molecule has 0 bridgehead atoms. The van der Waals surface area contributed by atoms with E-state index in [1.165, 1.54) is 24.3 Å². The van der Waals surface area contributed by atoms with Crippen molar-refractivity contribution >= 4 is 23.7 Å². The minimum Gasteiger partial charge on any atom is -0.457 e. The number of rotatable bonds is 8. The second-order valence-corrected chi connectivity index (χ2v) is 14.4. The molecule has 1 saturated heterocycles. The molecule has 1 aromatic heterocycles. The smallest absolute Gasteiger partial charge is 0.410 e. The summed E-state index contributed by atoms with van der Waals surface area (Å²) in [6.07, 6.45) is 5.33. The van der Waals surface area contributed by atoms with Crippen molar-refractivity contribution in [3.05, 3.63) is 118 Å². The first kappa shape index (κ1) is 36.3. The van der Waals surface area contributed by atoms with Gasteiger partial charge in [-0.15, -0.1) is 0 Å². The number of non-ortho nitro benzene ring substituents is 1. The van der Waals surface area contributed by atoms with Crippen molar-refractivity contribution in [3.8, 4) is 11.3 Å². The summed E-state index contributed by atoms with van der Waals surface area (Å²) in [6, 6.07) is 24.3. The van der Waals surface area contributed by atoms with Crippen LogP contribution < -0.4 is 0 Å². The van der Waals surface area contributed by atoms with Gasteiger partial charge in [-0.05, 0) is 64.2 Å². The Kier molecular flexibility index (Phi) is 11.0. The number of hydrogen-bond donors (Lipinski definition) is 0. The second kappa shape index (κ2) is 15.8. The van der Waals surface area contributed by atoms with E-state index in [-0.39, 0.29) is 29.2 Å². The molecule has 6 rings (SSSR count). The van der Waals surface area contributed by atoms with Crippen LogP contribution in [0.2, 0.25) is 0 Å². The molecule has 12 heteroatoms. The molecular weight excluding hydrogens is 662 g/mol. The van der Waals surface area contributed by atoms with Gasteiger partial charge in [-0.3, -0.25) is 14.9 Å². The molecule has 0 unspecified atom stereocenters. The van der Waals surface area contributed by atoms with Gasteiger partial charge in [-0.1, -0.05) is 73.5 Å². The molecule has 12 nitrogen and oxygen atoms in total. The predicted octanol–water partition coefficient (Wildman–Crippen LogP) is 7.49. The summed E-state index contributed by atoms with van der Waals surface area (Å²) in [6.45, 7) is 6.43. The summed E-state index contributed by atoms with van der Waals surface area (Å²) in [4.78, 5) is 60.2. The summed E-state index contributed by atoms with van der Waals surface area (Å²) in [5.41, 5.74) is 2.25. The van der Waals surface area contributed by atoms with Crippen LogP contribution in [0, 0.1) is 10.1 Å². The van der Waals surface area contributed by atoms with Crippen LogP contribution >= 0.6 is 0 Å². The highest BCUT2D eigenvalue weighted by atomic mass is 16.6. The molecule has 1 aliphatic heterocycles. The molecule has 52 heavy (non-hydrogen) atoms. The number of carbonyl (C=O) groups excluding carboxylic acids is 3. The Hall–Kier alpha value is -5.52. The van der Waals surface area contributed by atoms with Gasteiger partial charge in [0, 0.05) is 37.3 Å². The number of amides is 2. The number of aromatic nitrogens is 2. The Morgan fingerprint density at radius 2 is 1.56 bits per heavy atom. The third kappa shape index (κ3) is 8.50. The first-order valence-electron chi connectivity index (χ1n) is 17.9. The topological polar surface area (TPSA) is 137 Å². The lowest BCUT2D eigenvalue weighted by Gasteiger charge is -2.41. The zero-order chi connectivity index (χ0) is 36.8. The Labute approximate surface area is 303 Å². The fourth-order valence-corrected chi connectivity index (χ4v) is 7.10. The average Bonchev–Trinajstić information content (AvgIpc) is 3.44. The molecule has 2 heterocycles. The van der Waals surface area contributed by atoms with Gasteiger partial charge in [-0.25, -0.2) is 14.6 Å². The maximum atomic E-state index is 14.8. The van der Waals surface area contributed by atoms with E-state index in [2.05, 4.69) is 0 Å². The van der Waals surface area contributed by atoms with E-state index in [4.69, 9.17) is 14.5 Å². The van der Waals surface area contributed by atoms with E-state index in [0.717, 1.165) is 30.4 Å². The number of nitrogens with zero attached hydrogens (tertiary/aromatic N) is 5. The lowest BCUT2D eigenvalue weighted by atomic mass is 10.00. The van der Waals surface area contributed by atoms with Crippen molar-refractivity contribution in [3.63, 3.8) is 0 Å². The fraction of sp³-hybridized carbons (Fsp3) is 0.400. The van der Waals surface area contributed by atoms with Gasteiger partial charge in [0.2, 0.25) is 0 Å². The van der Waals surface area contributed by atoms with Crippen LogP contribution in [0.3, 0.4) is 0 Å². The van der Waals surface area contributed by atoms with Crippen LogP contribution in [0.25, 0.3) is 11.3 Å². The van der Waals surface area contributed by atoms with Crippen molar-refractivity contribution in [2.45, 2.75) is 83.1 Å². The van der Waals surface area contributed by atoms with E-state index in [9.17, 15) is 24.5 Å². The van der Waals surface area contributed by atoms with Gasteiger partial charge >= 0.3 is 12.1 Å². The van der Waals surface area contributed by atoms with E-state index in [0.29, 0.717) is 50.3 Å². The summed E-state index contributed by atoms with van der Waals surface area (Å²) in [5, 5.41) is 11.2. The third-order valence-electron chi connectivity index (χ3n) is 9.60. The molecular formula is C40H45N5O7. The number of nitro benzene ring substituents is 1. The molecule has 0 spiro atoms. The maximum absolute atomic E-state index is 14.8. The molecule has 3 atom stereocenters. The summed E-state index contributed by atoms with van der Waals surface area (Å²) in [5.74, 6) is -0.800. The highest BCUT2D eigenvalue weighted by molar-refractivity contribution is 5.98. The van der Waals surface area contributed by atoms with Gasteiger partial charge in [0.25, 0.3) is 11.6 Å². The molecule has 2 amide bonds. The quantitative estimate of drug-likeness (QED) is 0.0795. The fourth-order valence-electron chi connectivity index (χ4n) is 7.10. The number of esters is 1. The summed E-state index contributed by atoms with van der Waals surface area (Å²) >= 11 is 0. The number of carbonyl (C=O) groups is 3. The van der Waals surface area contributed by atoms with E-state index < -0.39 is 28.7 Å². The monoisotopic (exact) mass is 707 g/mol. The lowest BCUT2D eigenvalue weighted by molar-refractivity contribution is -0.384. The number of nitro groups is 1. The predicted molar refractivity (Wildman–Crippen MR) is 195 cm³/mol. The van der Waals surface area contributed by atoms with Crippen molar-refractivity contribution in [1.82, 2.24) is 19.4 Å². The van der Waals surface area contributed by atoms with Crippen LogP contribution in [0.1, 0.15) is 85.3 Å². The summed E-state index contributed by atoms with van der Waals surface area (Å²) < 4.78 is 13.8. The van der Waals surface area contributed by atoms with Crippen molar-refractivity contribution in [2.24, 2.45) is 0 Å². The number of benzene rings is 3. The SMILES string of the molecule is CC(C)(C)OC(=O)N1CCN(C(=O)c2ncn([C@@H]3CCCCC[C@@H]3OC(=O)c3ccc([N+](=O)[O-])cc3)c2-c2ccccc2)[C@H](Cc2ccccc2)C1. The van der Waals surface area contributed by atoms with Gasteiger partial charge < -0.3 is 23.8 Å². The van der Waals surface area contributed by atoms with E-state index >= 15 is 0 Å². The number of piperazine rings is 1. The first-order chi connectivity index (χ1) is 25.0. The number of ether oxygens (including phenoxy) is 2.